The van der Waals surface area contributed by atoms with E-state index in [1.54, 1.807) is 6.08 Å². The Balaban J connectivity index is 1.99. The fraction of sp³-hybridized carbons (Fsp3) is 0.500. The molecule has 4 N–H and O–H groups in total. The zero-order valence-corrected chi connectivity index (χ0v) is 16.4. The molecule has 1 fully saturated rings. The third kappa shape index (κ3) is 3.72. The van der Waals surface area contributed by atoms with Crippen molar-refractivity contribution in [3.05, 3.63) is 40.2 Å². The molecular weight excluding hydrogens is 373 g/mol. The number of nitrogens with two attached hydrogens (primary N) is 2. The van der Waals surface area contributed by atoms with E-state index >= 15 is 0 Å². The van der Waals surface area contributed by atoms with Gasteiger partial charge in [0.1, 0.15) is 5.69 Å². The Morgan fingerprint density at radius 1 is 1.35 bits per heavy atom. The van der Waals surface area contributed by atoms with E-state index < -0.39 is 11.3 Å². The van der Waals surface area contributed by atoms with Gasteiger partial charge in [-0.15, -0.1) is 11.6 Å². The normalized spacial score (nSPS) is 25.1. The summed E-state index contributed by atoms with van der Waals surface area (Å²) in [7, 11) is 0. The predicted molar refractivity (Wildman–Crippen MR) is 105 cm³/mol. The molecule has 1 aromatic heterocycles. The fourth-order valence-corrected chi connectivity index (χ4v) is 3.87. The summed E-state index contributed by atoms with van der Waals surface area (Å²) in [5, 5.41) is 0.0252. The molecule has 1 aliphatic carbocycles. The third-order valence-electron chi connectivity index (χ3n) is 5.03. The van der Waals surface area contributed by atoms with Crippen LogP contribution in [0.2, 0.25) is 0 Å². The maximum atomic E-state index is 12.1. The largest absolute Gasteiger partial charge is 0.364 e. The molecular formula is C18H23Cl2N5O. The molecule has 0 radical (unpaired) electrons. The monoisotopic (exact) mass is 395 g/mol. The molecule has 0 aromatic carbocycles. The number of hydrogen-bond donors (Lipinski definition) is 2. The summed E-state index contributed by atoms with van der Waals surface area (Å²) in [6.07, 6.45) is 7.11. The molecule has 3 rings (SSSR count). The van der Waals surface area contributed by atoms with Crippen LogP contribution in [0.4, 0.5) is 5.95 Å². The summed E-state index contributed by atoms with van der Waals surface area (Å²) in [5.41, 5.74) is 13.1. The molecule has 0 saturated carbocycles. The van der Waals surface area contributed by atoms with E-state index in [1.165, 1.54) is 0 Å². The van der Waals surface area contributed by atoms with Gasteiger partial charge in [0.25, 0.3) is 5.91 Å². The van der Waals surface area contributed by atoms with Crippen LogP contribution >= 0.6 is 23.2 Å². The number of carbonyl (C=O) groups is 1. The lowest BCUT2D eigenvalue weighted by molar-refractivity contribution is 0.0994. The maximum absolute atomic E-state index is 12.1. The van der Waals surface area contributed by atoms with E-state index in [-0.39, 0.29) is 17.2 Å². The Kier molecular flexibility index (Phi) is 5.28. The number of halogens is 2. The Morgan fingerprint density at radius 2 is 2.00 bits per heavy atom. The van der Waals surface area contributed by atoms with Gasteiger partial charge in [0.2, 0.25) is 5.95 Å². The number of rotatable bonds is 3. The molecule has 1 amide bonds. The van der Waals surface area contributed by atoms with Crippen molar-refractivity contribution in [2.45, 2.75) is 43.5 Å². The van der Waals surface area contributed by atoms with Crippen LogP contribution in [-0.4, -0.2) is 39.9 Å². The highest BCUT2D eigenvalue weighted by Gasteiger charge is 2.32. The Labute approximate surface area is 163 Å². The first-order valence-corrected chi connectivity index (χ1v) is 9.41. The quantitative estimate of drug-likeness (QED) is 0.766. The molecule has 6 nitrogen and oxygen atoms in total. The number of carbonyl (C=O) groups excluding carboxylic acids is 1. The van der Waals surface area contributed by atoms with Crippen LogP contribution in [0.25, 0.3) is 0 Å². The van der Waals surface area contributed by atoms with Gasteiger partial charge in [0.05, 0.1) is 5.38 Å². The number of primary amides is 1. The predicted octanol–water partition coefficient (Wildman–Crippen LogP) is 2.59. The van der Waals surface area contributed by atoms with E-state index in [4.69, 9.17) is 34.7 Å². The standard InChI is InChI=1S/C18H23Cl2N5O/c1-10-13(11-4-3-5-12(19)14(11)20)15(16(21)26)24-17(23-10)25-8-6-18(2,22)7-9-25/h3-5,11,14H,6-9,22H2,1-2H3,(H2,21,26)/t11-,14?/m0/s1. The average molecular weight is 396 g/mol. The fourth-order valence-electron chi connectivity index (χ4n) is 3.38. The number of alkyl halides is 1. The topological polar surface area (TPSA) is 98.1 Å². The first-order valence-electron chi connectivity index (χ1n) is 8.60. The Morgan fingerprint density at radius 3 is 2.62 bits per heavy atom. The van der Waals surface area contributed by atoms with Gasteiger partial charge in [-0.1, -0.05) is 23.8 Å². The highest BCUT2D eigenvalue weighted by molar-refractivity contribution is 6.38. The molecule has 1 aromatic rings. The summed E-state index contributed by atoms with van der Waals surface area (Å²) >= 11 is 12.6. The highest BCUT2D eigenvalue weighted by Crippen LogP contribution is 2.37. The van der Waals surface area contributed by atoms with Crippen molar-refractivity contribution in [3.63, 3.8) is 0 Å². The second kappa shape index (κ2) is 7.18. The average Bonchev–Trinajstić information content (AvgIpc) is 2.57. The second-order valence-electron chi connectivity index (χ2n) is 7.24. The number of hydrogen-bond acceptors (Lipinski definition) is 5. The van der Waals surface area contributed by atoms with Gasteiger partial charge in [0.15, 0.2) is 0 Å². The first-order chi connectivity index (χ1) is 12.2. The van der Waals surface area contributed by atoms with Crippen LogP contribution < -0.4 is 16.4 Å². The number of aromatic nitrogens is 2. The summed E-state index contributed by atoms with van der Waals surface area (Å²) in [6.45, 7) is 5.36. The van der Waals surface area contributed by atoms with Crippen LogP contribution in [0.15, 0.2) is 23.3 Å². The van der Waals surface area contributed by atoms with Crippen molar-refractivity contribution < 1.29 is 4.79 Å². The Hall–Kier alpha value is -1.63. The summed E-state index contributed by atoms with van der Waals surface area (Å²) in [5.74, 6) is -0.405. The molecule has 140 valence electrons. The zero-order chi connectivity index (χ0) is 19.1. The number of amides is 1. The summed E-state index contributed by atoms with van der Waals surface area (Å²) in [4.78, 5) is 23.3. The van der Waals surface area contributed by atoms with Gasteiger partial charge in [-0.2, -0.15) is 0 Å². The lowest BCUT2D eigenvalue weighted by atomic mass is 9.89. The lowest BCUT2D eigenvalue weighted by Gasteiger charge is -2.37. The van der Waals surface area contributed by atoms with Crippen molar-refractivity contribution in [1.29, 1.82) is 0 Å². The molecule has 1 saturated heterocycles. The smallest absolute Gasteiger partial charge is 0.267 e. The van der Waals surface area contributed by atoms with E-state index in [9.17, 15) is 4.79 Å². The Bertz CT molecular complexity index is 780. The van der Waals surface area contributed by atoms with Crippen molar-refractivity contribution in [2.75, 3.05) is 18.0 Å². The molecule has 0 spiro atoms. The molecule has 2 heterocycles. The van der Waals surface area contributed by atoms with Gasteiger partial charge in [0, 0.05) is 40.8 Å². The van der Waals surface area contributed by atoms with Crippen molar-refractivity contribution in [2.24, 2.45) is 11.5 Å². The van der Waals surface area contributed by atoms with Crippen LogP contribution in [0.5, 0.6) is 0 Å². The van der Waals surface area contributed by atoms with Crippen LogP contribution in [0.1, 0.15) is 47.4 Å². The molecule has 0 bridgehead atoms. The highest BCUT2D eigenvalue weighted by atomic mass is 35.5. The van der Waals surface area contributed by atoms with Crippen molar-refractivity contribution in [3.8, 4) is 0 Å². The zero-order valence-electron chi connectivity index (χ0n) is 14.9. The summed E-state index contributed by atoms with van der Waals surface area (Å²) < 4.78 is 0. The van der Waals surface area contributed by atoms with E-state index in [0.29, 0.717) is 22.2 Å². The molecule has 1 aliphatic heterocycles. The van der Waals surface area contributed by atoms with Crippen molar-refractivity contribution in [1.82, 2.24) is 9.97 Å². The van der Waals surface area contributed by atoms with Gasteiger partial charge < -0.3 is 16.4 Å². The molecule has 2 atom stereocenters. The van der Waals surface area contributed by atoms with Crippen LogP contribution in [0, 0.1) is 6.92 Å². The van der Waals surface area contributed by atoms with E-state index in [0.717, 1.165) is 25.9 Å². The third-order valence-corrected chi connectivity index (χ3v) is 6.01. The van der Waals surface area contributed by atoms with Gasteiger partial charge in [-0.25, -0.2) is 9.97 Å². The first kappa shape index (κ1) is 19.1. The number of piperidine rings is 1. The minimum Gasteiger partial charge on any atom is -0.364 e. The number of anilines is 1. The minimum atomic E-state index is -0.602. The minimum absolute atomic E-state index is 0.181. The molecule has 8 heteroatoms. The van der Waals surface area contributed by atoms with Gasteiger partial charge >= 0.3 is 0 Å². The number of allylic oxidation sites excluding steroid dienone is 4. The number of nitrogens with zero attached hydrogens (tertiary/aromatic N) is 3. The molecule has 2 aliphatic rings. The van der Waals surface area contributed by atoms with Gasteiger partial charge in [-0.05, 0) is 32.8 Å². The molecule has 26 heavy (non-hydrogen) atoms. The second-order valence-corrected chi connectivity index (χ2v) is 8.15. The van der Waals surface area contributed by atoms with E-state index in [2.05, 4.69) is 9.97 Å². The SMILES string of the molecule is Cc1nc(N2CCC(C)(N)CC2)nc(C(N)=O)c1[C@@H]1C=CC=C(Cl)C1Cl. The van der Waals surface area contributed by atoms with Crippen LogP contribution in [-0.2, 0) is 0 Å². The summed E-state index contributed by atoms with van der Waals surface area (Å²) in [6, 6.07) is 0. The van der Waals surface area contributed by atoms with Gasteiger partial charge in [-0.3, -0.25) is 4.79 Å². The lowest BCUT2D eigenvalue weighted by Crippen LogP contribution is -2.48. The molecule has 1 unspecified atom stereocenters. The van der Waals surface area contributed by atoms with E-state index in [1.807, 2.05) is 30.9 Å². The van der Waals surface area contributed by atoms with Crippen LogP contribution in [0.3, 0.4) is 0 Å². The number of aryl methyl sites for hydroxylation is 1. The van der Waals surface area contributed by atoms with Crippen molar-refractivity contribution >= 4 is 35.1 Å². The maximum Gasteiger partial charge on any atom is 0.267 e.